The molecule has 0 unspecified atom stereocenters. The van der Waals surface area contributed by atoms with Gasteiger partial charge in [0.25, 0.3) is 0 Å². The molecule has 0 aliphatic rings. The van der Waals surface area contributed by atoms with E-state index in [0.29, 0.717) is 18.6 Å². The van der Waals surface area contributed by atoms with Gasteiger partial charge >= 0.3 is 5.09 Å². The van der Waals surface area contributed by atoms with E-state index in [1.54, 1.807) is 6.07 Å². The van der Waals surface area contributed by atoms with Crippen LogP contribution in [0.3, 0.4) is 0 Å². The molecule has 16 heavy (non-hydrogen) atoms. The number of rotatable bonds is 3. The maximum absolute atomic E-state index is 10.2. The monoisotopic (exact) mass is 481 g/mol. The van der Waals surface area contributed by atoms with Crippen molar-refractivity contribution in [2.24, 2.45) is 5.84 Å². The second-order valence-corrected chi connectivity index (χ2v) is 5.74. The lowest BCUT2D eigenvalue weighted by atomic mass is 10.3. The summed E-state index contributed by atoms with van der Waals surface area (Å²) in [5.74, 6) is 5.39. The van der Waals surface area contributed by atoms with Crippen LogP contribution in [-0.4, -0.2) is 5.09 Å². The Morgan fingerprint density at radius 3 is 2.31 bits per heavy atom. The number of hydrogen-bond donors (Lipinski definition) is 1. The topological polar surface area (TPSA) is 81.6 Å². The zero-order valence-corrected chi connectivity index (χ0v) is 13.6. The zero-order valence-electron chi connectivity index (χ0n) is 7.29. The molecule has 2 N–H and O–H groups in total. The molecule has 0 aromatic heterocycles. The van der Waals surface area contributed by atoms with Crippen molar-refractivity contribution in [2.75, 3.05) is 5.17 Å². The van der Waals surface area contributed by atoms with E-state index in [0.717, 1.165) is 4.47 Å². The first-order valence-electron chi connectivity index (χ1n) is 3.55. The van der Waals surface area contributed by atoms with Crippen LogP contribution in [0.5, 0.6) is 0 Å². The summed E-state index contributed by atoms with van der Waals surface area (Å²) < 4.78 is 2.45. The largest absolute Gasteiger partial charge is 0.318 e. The van der Waals surface area contributed by atoms with E-state index < -0.39 is 5.09 Å². The van der Waals surface area contributed by atoms with Gasteiger partial charge in [-0.05, 0) is 69.8 Å². The van der Waals surface area contributed by atoms with Crippen LogP contribution < -0.4 is 11.0 Å². The molecule has 0 fully saturated rings. The lowest BCUT2D eigenvalue weighted by molar-refractivity contribution is -0.762. The number of nitrogens with two attached hydrogens (primary N) is 1. The van der Waals surface area contributed by atoms with Crippen molar-refractivity contribution in [3.63, 3.8) is 0 Å². The molecular weight excluding hydrogens is 482 g/mol. The predicted molar refractivity (Wildman–Crippen MR) is 72.0 cm³/mol. The molecule has 1 rings (SSSR count). The van der Waals surface area contributed by atoms with Gasteiger partial charge in [-0.25, -0.2) is 5.84 Å². The first kappa shape index (κ1) is 14.2. The maximum Gasteiger partial charge on any atom is 0.318 e. The number of anilines is 1. The first-order valence-corrected chi connectivity index (χ1v) is 6.72. The predicted octanol–water partition coefficient (Wildman–Crippen LogP) is 3.54. The summed E-state index contributed by atoms with van der Waals surface area (Å²) in [7, 11) is 0. The van der Waals surface area contributed by atoms with E-state index in [1.807, 2.05) is 0 Å². The number of benzene rings is 1. The van der Waals surface area contributed by atoms with Gasteiger partial charge in [0.2, 0.25) is 0 Å². The second kappa shape index (κ2) is 5.63. The lowest BCUT2D eigenvalue weighted by Gasteiger charge is -2.18. The van der Waals surface area contributed by atoms with Crippen molar-refractivity contribution < 1.29 is 10.0 Å². The van der Waals surface area contributed by atoms with Gasteiger partial charge in [0, 0.05) is 13.4 Å². The molecule has 0 spiro atoms. The molecule has 0 amide bonds. The average molecular weight is 485 g/mol. The molecule has 0 aliphatic heterocycles. The third-order valence-corrected chi connectivity index (χ3v) is 5.35. The van der Waals surface area contributed by atoms with Crippen LogP contribution in [-0.2, 0) is 4.94 Å². The highest BCUT2D eigenvalue weighted by Gasteiger charge is 2.18. The number of nitrogens with zero attached hydrogens (tertiary/aromatic N) is 2. The Balaban J connectivity index is 3.23. The first-order chi connectivity index (χ1) is 7.34. The molecule has 88 valence electrons. The summed E-state index contributed by atoms with van der Waals surface area (Å²) in [6, 6.07) is 1.67. The fraction of sp³-hybridized carbons (Fsp3) is 0. The van der Waals surface area contributed by atoms with Crippen LogP contribution in [0, 0.1) is 10.1 Å². The van der Waals surface area contributed by atoms with E-state index in [4.69, 9.17) is 5.84 Å². The fourth-order valence-corrected chi connectivity index (χ4v) is 3.64. The standard InChI is InChI=1S/C6H3Br4N3O3/c7-2-1-3(8)6(5(10)4(2)9)12(11)16-13(14)15/h1H,11H2. The quantitative estimate of drug-likeness (QED) is 0.233. The molecule has 0 bridgehead atoms. The van der Waals surface area contributed by atoms with E-state index in [2.05, 4.69) is 68.7 Å². The van der Waals surface area contributed by atoms with Gasteiger partial charge in [-0.2, -0.15) is 4.94 Å². The maximum atomic E-state index is 10.2. The SMILES string of the molecule is NN(O[N+](=O)[O-])c1c(Br)cc(Br)c(Br)c1Br. The second-order valence-electron chi connectivity index (χ2n) is 2.45. The third-order valence-electron chi connectivity index (χ3n) is 1.46. The van der Waals surface area contributed by atoms with Crippen LogP contribution in [0.25, 0.3) is 0 Å². The van der Waals surface area contributed by atoms with Gasteiger partial charge < -0.3 is 0 Å². The minimum absolute atomic E-state index is 0.284. The smallest absolute Gasteiger partial charge is 0.223 e. The molecule has 0 heterocycles. The molecule has 10 heteroatoms. The van der Waals surface area contributed by atoms with Crippen molar-refractivity contribution in [3.05, 3.63) is 34.1 Å². The fourth-order valence-electron chi connectivity index (χ4n) is 0.871. The molecule has 1 aromatic carbocycles. The highest BCUT2D eigenvalue weighted by atomic mass is 79.9. The van der Waals surface area contributed by atoms with Gasteiger partial charge in [-0.3, -0.25) is 0 Å². The van der Waals surface area contributed by atoms with Crippen LogP contribution in [0.4, 0.5) is 5.69 Å². The van der Waals surface area contributed by atoms with Crippen LogP contribution in [0.1, 0.15) is 0 Å². The Morgan fingerprint density at radius 1 is 1.25 bits per heavy atom. The highest BCUT2D eigenvalue weighted by Crippen LogP contribution is 2.42. The van der Waals surface area contributed by atoms with E-state index in [-0.39, 0.29) is 5.69 Å². The molecule has 0 saturated carbocycles. The Morgan fingerprint density at radius 2 is 1.81 bits per heavy atom. The van der Waals surface area contributed by atoms with E-state index >= 15 is 0 Å². The Hall–Kier alpha value is 0.100. The van der Waals surface area contributed by atoms with Crippen molar-refractivity contribution in [2.45, 2.75) is 0 Å². The molecule has 0 saturated heterocycles. The normalized spacial score (nSPS) is 10.1. The summed E-state index contributed by atoms with van der Waals surface area (Å²) in [4.78, 5) is 14.3. The Bertz CT molecular complexity index is 442. The molecule has 0 atom stereocenters. The van der Waals surface area contributed by atoms with Crippen LogP contribution in [0.2, 0.25) is 0 Å². The number of hydrazine groups is 1. The summed E-state index contributed by atoms with van der Waals surface area (Å²) in [5, 5.41) is 9.71. The Kier molecular flexibility index (Phi) is 4.98. The minimum atomic E-state index is -1.01. The third kappa shape index (κ3) is 3.06. The summed E-state index contributed by atoms with van der Waals surface area (Å²) >= 11 is 13.0. The van der Waals surface area contributed by atoms with Crippen molar-refractivity contribution in [3.8, 4) is 0 Å². The van der Waals surface area contributed by atoms with Gasteiger partial charge in [0.15, 0.2) is 0 Å². The van der Waals surface area contributed by atoms with Gasteiger partial charge in [-0.1, -0.05) is 0 Å². The summed E-state index contributed by atoms with van der Waals surface area (Å²) in [6.07, 6.45) is 0. The van der Waals surface area contributed by atoms with Crippen LogP contribution >= 0.6 is 63.7 Å². The highest BCUT2D eigenvalue weighted by molar-refractivity contribution is 9.14. The van der Waals surface area contributed by atoms with Gasteiger partial charge in [0.1, 0.15) is 5.69 Å². The van der Waals surface area contributed by atoms with Crippen molar-refractivity contribution in [1.82, 2.24) is 0 Å². The van der Waals surface area contributed by atoms with Gasteiger partial charge in [0.05, 0.1) is 4.47 Å². The summed E-state index contributed by atoms with van der Waals surface area (Å²) in [6.45, 7) is 0. The van der Waals surface area contributed by atoms with E-state index in [9.17, 15) is 10.1 Å². The zero-order chi connectivity index (χ0) is 12.5. The molecule has 6 nitrogen and oxygen atoms in total. The average Bonchev–Trinajstić information content (AvgIpc) is 2.13. The van der Waals surface area contributed by atoms with E-state index in [1.165, 1.54) is 0 Å². The number of halogens is 4. The number of hydrogen-bond acceptors (Lipinski definition) is 5. The Labute approximate surface area is 124 Å². The molecule has 0 aliphatic carbocycles. The van der Waals surface area contributed by atoms with Crippen LogP contribution in [0.15, 0.2) is 24.0 Å². The molecule has 1 aromatic rings. The summed E-state index contributed by atoms with van der Waals surface area (Å²) in [5.41, 5.74) is 0.284. The lowest BCUT2D eigenvalue weighted by Crippen LogP contribution is -2.34. The minimum Gasteiger partial charge on any atom is -0.223 e. The molecular formula is C6H3Br4N3O3. The van der Waals surface area contributed by atoms with Crippen molar-refractivity contribution >= 4 is 69.4 Å². The van der Waals surface area contributed by atoms with Gasteiger partial charge in [-0.15, -0.1) is 15.3 Å². The van der Waals surface area contributed by atoms with Crippen molar-refractivity contribution in [1.29, 1.82) is 0 Å². The molecule has 0 radical (unpaired) electrons.